The molecular formula is C43H53NO4. The molecule has 2 aromatic rings. The molecule has 4 unspecified atom stereocenters. The van der Waals surface area contributed by atoms with Crippen LogP contribution < -0.4 is 10.5 Å². The van der Waals surface area contributed by atoms with Crippen molar-refractivity contribution in [3.8, 4) is 17.2 Å². The number of carboxylic acid groups (broad SMARTS) is 1. The van der Waals surface area contributed by atoms with E-state index in [1.807, 2.05) is 12.1 Å². The van der Waals surface area contributed by atoms with Gasteiger partial charge in [-0.3, -0.25) is 4.79 Å². The summed E-state index contributed by atoms with van der Waals surface area (Å²) in [4.78, 5) is 12.8. The Labute approximate surface area is 285 Å². The van der Waals surface area contributed by atoms with Gasteiger partial charge < -0.3 is 20.7 Å². The molecule has 0 aliphatic heterocycles. The summed E-state index contributed by atoms with van der Waals surface area (Å²) in [6.07, 6.45) is 21.1. The number of benzene rings is 2. The maximum absolute atomic E-state index is 12.8. The van der Waals surface area contributed by atoms with E-state index < -0.39 is 11.4 Å². The Bertz CT molecular complexity index is 1640. The number of ether oxygens (including phenoxy) is 1. The van der Waals surface area contributed by atoms with Crippen molar-refractivity contribution in [3.05, 3.63) is 47.5 Å². The maximum Gasteiger partial charge on any atom is 0.309 e. The maximum atomic E-state index is 12.8. The van der Waals surface area contributed by atoms with Crippen LogP contribution in [0.2, 0.25) is 0 Å². The second-order valence-corrected chi connectivity index (χ2v) is 19.8. The van der Waals surface area contributed by atoms with E-state index in [0.29, 0.717) is 40.7 Å². The average Bonchev–Trinajstić information content (AvgIpc) is 3.02. The van der Waals surface area contributed by atoms with Gasteiger partial charge in [0.15, 0.2) is 0 Å². The zero-order chi connectivity index (χ0) is 32.2. The monoisotopic (exact) mass is 647 g/mol. The van der Waals surface area contributed by atoms with E-state index in [2.05, 4.69) is 24.3 Å². The second-order valence-electron chi connectivity index (χ2n) is 19.8. The minimum absolute atomic E-state index is 0.202. The largest absolute Gasteiger partial charge is 0.505 e. The number of carboxylic acids is 1. The van der Waals surface area contributed by atoms with E-state index in [1.54, 1.807) is 0 Å². The van der Waals surface area contributed by atoms with Crippen LogP contribution in [0.5, 0.6) is 17.2 Å². The van der Waals surface area contributed by atoms with Crippen LogP contribution in [0, 0.1) is 63.6 Å². The van der Waals surface area contributed by atoms with Crippen molar-refractivity contribution in [1.82, 2.24) is 0 Å². The van der Waals surface area contributed by atoms with Gasteiger partial charge in [0.1, 0.15) is 17.2 Å². The molecule has 5 heteroatoms. The van der Waals surface area contributed by atoms with Gasteiger partial charge in [-0.05, 0) is 208 Å². The number of nitrogen functional groups attached to an aromatic ring is 1. The summed E-state index contributed by atoms with van der Waals surface area (Å²) < 4.78 is 6.72. The number of rotatable bonds is 6. The summed E-state index contributed by atoms with van der Waals surface area (Å²) in [6.45, 7) is 0. The molecule has 12 aliphatic carbocycles. The van der Waals surface area contributed by atoms with Crippen molar-refractivity contribution in [3.63, 3.8) is 0 Å². The number of aromatic hydroxyl groups is 1. The Kier molecular flexibility index (Phi) is 5.78. The molecule has 48 heavy (non-hydrogen) atoms. The first kappa shape index (κ1) is 29.1. The topological polar surface area (TPSA) is 92.8 Å². The lowest BCUT2D eigenvalue weighted by Crippen LogP contribution is -2.66. The van der Waals surface area contributed by atoms with Gasteiger partial charge in [0.05, 0.1) is 11.1 Å². The number of carbonyl (C=O) groups is 1. The molecular weight excluding hydrogens is 594 g/mol. The molecule has 0 spiro atoms. The van der Waals surface area contributed by atoms with Crippen molar-refractivity contribution in [1.29, 1.82) is 0 Å². The van der Waals surface area contributed by atoms with E-state index in [4.69, 9.17) is 10.5 Å². The molecule has 12 bridgehead atoms. The van der Waals surface area contributed by atoms with Crippen LogP contribution in [0.15, 0.2) is 36.4 Å². The van der Waals surface area contributed by atoms with Gasteiger partial charge in [-0.15, -0.1) is 0 Å². The molecule has 5 nitrogen and oxygen atoms in total. The second kappa shape index (κ2) is 9.55. The number of phenols is 1. The number of phenolic OH excluding ortho intramolecular Hbond substituents is 1. The molecule has 14 rings (SSSR count). The molecule has 12 fully saturated rings. The summed E-state index contributed by atoms with van der Waals surface area (Å²) in [5.74, 6) is 7.51. The van der Waals surface area contributed by atoms with Crippen LogP contribution in [0.4, 0.5) is 5.69 Å². The summed E-state index contributed by atoms with van der Waals surface area (Å²) in [5.41, 5.74) is 9.52. The van der Waals surface area contributed by atoms with Gasteiger partial charge in [-0.25, -0.2) is 0 Å². The number of anilines is 1. The fourth-order valence-electron chi connectivity index (χ4n) is 16.8. The summed E-state index contributed by atoms with van der Waals surface area (Å²) in [5, 5.41) is 22.0. The lowest BCUT2D eigenvalue weighted by atomic mass is 9.31. The Morgan fingerprint density at radius 3 is 1.79 bits per heavy atom. The predicted molar refractivity (Wildman–Crippen MR) is 185 cm³/mol. The van der Waals surface area contributed by atoms with Gasteiger partial charge >= 0.3 is 5.97 Å². The summed E-state index contributed by atoms with van der Waals surface area (Å²) in [6, 6.07) is 12.9. The van der Waals surface area contributed by atoms with Crippen molar-refractivity contribution in [2.45, 2.75) is 120 Å². The van der Waals surface area contributed by atoms with Crippen LogP contribution in [0.3, 0.4) is 0 Å². The van der Waals surface area contributed by atoms with E-state index >= 15 is 0 Å². The van der Waals surface area contributed by atoms with Crippen LogP contribution in [-0.4, -0.2) is 16.2 Å². The number of hydrogen-bond donors (Lipinski definition) is 3. The fraction of sp³-hybridized carbons (Fsp3) is 0.698. The molecule has 0 saturated heterocycles. The lowest BCUT2D eigenvalue weighted by Gasteiger charge is -2.73. The van der Waals surface area contributed by atoms with Gasteiger partial charge in [0.25, 0.3) is 0 Å². The Hall–Kier alpha value is -2.69. The van der Waals surface area contributed by atoms with Gasteiger partial charge in [0, 0.05) is 5.56 Å². The smallest absolute Gasteiger partial charge is 0.309 e. The van der Waals surface area contributed by atoms with E-state index in [0.717, 1.165) is 60.0 Å². The summed E-state index contributed by atoms with van der Waals surface area (Å²) in [7, 11) is 0. The molecule has 0 amide bonds. The third-order valence-electron chi connectivity index (χ3n) is 17.2. The SMILES string of the molecule is Nc1ccc(Oc2ccc(C34CC5CC(C3)CC(C36CC7CC(CC(C(=O)O)(C7)C3)C6)(C5)C4)cc2)c(C2C3CC4CC(C3)CC2C4)c1O. The van der Waals surface area contributed by atoms with Crippen LogP contribution in [0.25, 0.3) is 0 Å². The van der Waals surface area contributed by atoms with Crippen molar-refractivity contribution in [2.75, 3.05) is 5.73 Å². The average molecular weight is 648 g/mol. The molecule has 0 aromatic heterocycles. The van der Waals surface area contributed by atoms with E-state index in [-0.39, 0.29) is 16.6 Å². The molecule has 254 valence electrons. The first-order chi connectivity index (χ1) is 23.1. The fourth-order valence-corrected chi connectivity index (χ4v) is 16.8. The molecule has 12 aliphatic rings. The highest BCUT2D eigenvalue weighted by atomic mass is 16.5. The van der Waals surface area contributed by atoms with Crippen LogP contribution >= 0.6 is 0 Å². The Balaban J connectivity index is 0.904. The first-order valence-electron chi connectivity index (χ1n) is 19.8. The normalized spacial score (nSPS) is 48.7. The van der Waals surface area contributed by atoms with Gasteiger partial charge in [-0.1, -0.05) is 12.1 Å². The predicted octanol–water partition coefficient (Wildman–Crippen LogP) is 9.82. The molecule has 0 radical (unpaired) electrons. The van der Waals surface area contributed by atoms with Gasteiger partial charge in [0.2, 0.25) is 0 Å². The summed E-state index contributed by atoms with van der Waals surface area (Å²) >= 11 is 0. The molecule has 0 heterocycles. The van der Waals surface area contributed by atoms with Crippen molar-refractivity contribution >= 4 is 11.7 Å². The highest BCUT2D eigenvalue weighted by molar-refractivity contribution is 5.75. The minimum atomic E-state index is -0.489. The highest BCUT2D eigenvalue weighted by Gasteiger charge is 2.71. The third-order valence-corrected chi connectivity index (χ3v) is 17.2. The number of hydrogen-bond acceptors (Lipinski definition) is 4. The number of nitrogens with two attached hydrogens (primary N) is 1. The minimum Gasteiger partial charge on any atom is -0.505 e. The molecule has 2 aromatic carbocycles. The zero-order valence-electron chi connectivity index (χ0n) is 28.5. The highest BCUT2D eigenvalue weighted by Crippen LogP contribution is 2.78. The molecule has 4 N–H and O–H groups in total. The number of aliphatic carboxylic acids is 1. The molecule has 4 atom stereocenters. The standard InChI is InChI=1S/C43H53NO4/c44-34-5-6-35(37(38(34)45)36-30-10-24-7-25(12-30)13-31(36)11-24)48-33-3-1-32(2-4-33)40-14-26-8-27(15-40)19-42(18-26,22-40)43-20-28-9-29(21-43)17-41(16-28,23-43)39(46)47/h1-6,24-31,36,45H,7-23,44H2,(H,46,47). The Morgan fingerprint density at radius 2 is 1.21 bits per heavy atom. The molecule has 12 saturated carbocycles. The van der Waals surface area contributed by atoms with Crippen molar-refractivity contribution < 1.29 is 19.7 Å². The van der Waals surface area contributed by atoms with E-state index in [9.17, 15) is 15.0 Å². The third kappa shape index (κ3) is 3.88. The van der Waals surface area contributed by atoms with Crippen LogP contribution in [0.1, 0.15) is 126 Å². The van der Waals surface area contributed by atoms with E-state index in [1.165, 1.54) is 95.5 Å². The zero-order valence-corrected chi connectivity index (χ0v) is 28.5. The lowest BCUT2D eigenvalue weighted by molar-refractivity contribution is -0.230. The van der Waals surface area contributed by atoms with Crippen LogP contribution in [-0.2, 0) is 10.2 Å². The first-order valence-corrected chi connectivity index (χ1v) is 19.8. The van der Waals surface area contributed by atoms with Crippen molar-refractivity contribution in [2.24, 2.45) is 63.6 Å². The van der Waals surface area contributed by atoms with Gasteiger partial charge in [-0.2, -0.15) is 0 Å². The quantitative estimate of drug-likeness (QED) is 0.214. The Morgan fingerprint density at radius 1 is 0.667 bits per heavy atom.